The van der Waals surface area contributed by atoms with Crippen molar-refractivity contribution < 1.29 is 4.74 Å². The van der Waals surface area contributed by atoms with E-state index in [1.54, 1.807) is 0 Å². The number of ether oxygens (including phenoxy) is 1. The highest BCUT2D eigenvalue weighted by atomic mass is 32.2. The Kier molecular flexibility index (Phi) is 2.72. The predicted octanol–water partition coefficient (Wildman–Crippen LogP) is 0.870. The molecule has 0 bridgehead atoms. The normalized spacial score (nSPS) is 33.3. The maximum atomic E-state index is 5.11. The first-order chi connectivity index (χ1) is 5.45. The molecule has 64 valence electrons. The van der Waals surface area contributed by atoms with Gasteiger partial charge in [0.2, 0.25) is 0 Å². The van der Waals surface area contributed by atoms with Crippen LogP contribution >= 0.6 is 11.8 Å². The molecule has 11 heavy (non-hydrogen) atoms. The van der Waals surface area contributed by atoms with Crippen LogP contribution in [0.25, 0.3) is 0 Å². The second kappa shape index (κ2) is 3.78. The summed E-state index contributed by atoms with van der Waals surface area (Å²) < 4.78 is 5.11. The summed E-state index contributed by atoms with van der Waals surface area (Å²) in [5.41, 5.74) is 0. The quantitative estimate of drug-likeness (QED) is 0.669. The van der Waals surface area contributed by atoms with Crippen LogP contribution in [0.1, 0.15) is 12.8 Å². The van der Waals surface area contributed by atoms with Crippen molar-refractivity contribution in [1.29, 1.82) is 0 Å². The summed E-state index contributed by atoms with van der Waals surface area (Å²) in [6.07, 6.45) is 2.75. The van der Waals surface area contributed by atoms with Crippen LogP contribution < -0.4 is 5.32 Å². The Hall–Kier alpha value is 0.270. The van der Waals surface area contributed by atoms with Gasteiger partial charge in [0.1, 0.15) is 0 Å². The van der Waals surface area contributed by atoms with E-state index in [0.29, 0.717) is 6.04 Å². The lowest BCUT2D eigenvalue weighted by molar-refractivity contribution is -0.00937. The molecule has 2 aliphatic heterocycles. The van der Waals surface area contributed by atoms with E-state index < -0.39 is 0 Å². The Bertz CT molecular complexity index is 121. The summed E-state index contributed by atoms with van der Waals surface area (Å²) in [7, 11) is 0. The average Bonchev–Trinajstić information content (AvgIpc) is 1.99. The molecule has 0 aromatic carbocycles. The van der Waals surface area contributed by atoms with Gasteiger partial charge in [0.25, 0.3) is 0 Å². The van der Waals surface area contributed by atoms with Gasteiger partial charge < -0.3 is 10.1 Å². The largest absolute Gasteiger partial charge is 0.378 e. The number of hydrogen-bond acceptors (Lipinski definition) is 3. The number of hydrogen-bond donors (Lipinski definition) is 1. The molecule has 2 heterocycles. The lowest BCUT2D eigenvalue weighted by Gasteiger charge is -2.33. The van der Waals surface area contributed by atoms with E-state index in [1.165, 1.54) is 24.3 Å². The molecule has 2 aliphatic rings. The first-order valence-electron chi connectivity index (χ1n) is 4.37. The Balaban J connectivity index is 1.67. The van der Waals surface area contributed by atoms with Crippen LogP contribution in [0.2, 0.25) is 0 Å². The zero-order valence-electron chi connectivity index (χ0n) is 6.71. The standard InChI is InChI=1S/C8H15NOS/c1-2-7(6-11-3-1)9-8-4-10-5-8/h7-9H,1-6H2. The van der Waals surface area contributed by atoms with Crippen molar-refractivity contribution in [3.05, 3.63) is 0 Å². The summed E-state index contributed by atoms with van der Waals surface area (Å²) in [5.74, 6) is 2.66. The van der Waals surface area contributed by atoms with Gasteiger partial charge >= 0.3 is 0 Å². The third-order valence-electron chi connectivity index (χ3n) is 2.27. The van der Waals surface area contributed by atoms with Crippen LogP contribution in [0.5, 0.6) is 0 Å². The molecule has 0 amide bonds. The van der Waals surface area contributed by atoms with E-state index in [9.17, 15) is 0 Å². The summed E-state index contributed by atoms with van der Waals surface area (Å²) in [5, 5.41) is 3.61. The Morgan fingerprint density at radius 3 is 2.73 bits per heavy atom. The molecule has 1 N–H and O–H groups in total. The van der Waals surface area contributed by atoms with Gasteiger partial charge in [-0.25, -0.2) is 0 Å². The molecule has 3 heteroatoms. The molecule has 2 rings (SSSR count). The predicted molar refractivity (Wildman–Crippen MR) is 48.1 cm³/mol. The van der Waals surface area contributed by atoms with E-state index in [4.69, 9.17) is 4.74 Å². The van der Waals surface area contributed by atoms with Crippen LogP contribution in [0, 0.1) is 0 Å². The molecule has 2 nitrogen and oxygen atoms in total. The zero-order chi connectivity index (χ0) is 7.52. The van der Waals surface area contributed by atoms with Gasteiger partial charge in [-0.1, -0.05) is 0 Å². The minimum Gasteiger partial charge on any atom is -0.378 e. The lowest BCUT2D eigenvalue weighted by Crippen LogP contribution is -2.51. The van der Waals surface area contributed by atoms with Gasteiger partial charge in [-0.15, -0.1) is 0 Å². The fourth-order valence-corrected chi connectivity index (χ4v) is 2.62. The van der Waals surface area contributed by atoms with E-state index in [2.05, 4.69) is 17.1 Å². The molecule has 0 aromatic heterocycles. The van der Waals surface area contributed by atoms with E-state index in [1.807, 2.05) is 0 Å². The molecule has 1 unspecified atom stereocenters. The van der Waals surface area contributed by atoms with Crippen LogP contribution in [-0.2, 0) is 4.74 Å². The molecular weight excluding hydrogens is 158 g/mol. The maximum absolute atomic E-state index is 5.11. The fourth-order valence-electron chi connectivity index (χ4n) is 1.54. The first-order valence-corrected chi connectivity index (χ1v) is 5.52. The molecule has 2 saturated heterocycles. The van der Waals surface area contributed by atoms with E-state index in [0.717, 1.165) is 19.3 Å². The van der Waals surface area contributed by atoms with Gasteiger partial charge in [0.05, 0.1) is 19.3 Å². The van der Waals surface area contributed by atoms with Crippen molar-refractivity contribution in [1.82, 2.24) is 5.32 Å². The van der Waals surface area contributed by atoms with Gasteiger partial charge in [-0.05, 0) is 18.6 Å². The summed E-state index contributed by atoms with van der Waals surface area (Å²) in [6.45, 7) is 1.86. The molecule has 0 aliphatic carbocycles. The first kappa shape index (κ1) is 7.90. The summed E-state index contributed by atoms with van der Waals surface area (Å²) in [6, 6.07) is 1.43. The summed E-state index contributed by atoms with van der Waals surface area (Å²) in [4.78, 5) is 0. The topological polar surface area (TPSA) is 21.3 Å². The Labute approximate surface area is 72.1 Å². The fraction of sp³-hybridized carbons (Fsp3) is 1.00. The molecule has 2 fully saturated rings. The molecule has 0 aromatic rings. The monoisotopic (exact) mass is 173 g/mol. The van der Waals surface area contributed by atoms with Crippen molar-refractivity contribution >= 4 is 11.8 Å². The lowest BCUT2D eigenvalue weighted by atomic mass is 10.1. The van der Waals surface area contributed by atoms with E-state index >= 15 is 0 Å². The number of rotatable bonds is 2. The number of nitrogens with one attached hydrogen (secondary N) is 1. The van der Waals surface area contributed by atoms with Crippen LogP contribution in [0.15, 0.2) is 0 Å². The highest BCUT2D eigenvalue weighted by Crippen LogP contribution is 2.18. The molecule has 0 radical (unpaired) electrons. The SMILES string of the molecule is C1CSCC(NC2COC2)C1. The smallest absolute Gasteiger partial charge is 0.0643 e. The summed E-state index contributed by atoms with van der Waals surface area (Å²) >= 11 is 2.08. The minimum atomic E-state index is 0.665. The zero-order valence-corrected chi connectivity index (χ0v) is 7.53. The van der Waals surface area contributed by atoms with Gasteiger partial charge in [-0.2, -0.15) is 11.8 Å². The Morgan fingerprint density at radius 2 is 2.18 bits per heavy atom. The third kappa shape index (κ3) is 2.10. The Morgan fingerprint density at radius 1 is 1.27 bits per heavy atom. The molecule has 1 atom stereocenters. The van der Waals surface area contributed by atoms with Gasteiger partial charge in [-0.3, -0.25) is 0 Å². The second-order valence-corrected chi connectivity index (χ2v) is 4.46. The van der Waals surface area contributed by atoms with Crippen LogP contribution in [0.4, 0.5) is 0 Å². The van der Waals surface area contributed by atoms with Gasteiger partial charge in [0, 0.05) is 11.8 Å². The van der Waals surface area contributed by atoms with Crippen molar-refractivity contribution in [2.24, 2.45) is 0 Å². The van der Waals surface area contributed by atoms with Crippen LogP contribution in [-0.4, -0.2) is 36.8 Å². The maximum Gasteiger partial charge on any atom is 0.0643 e. The highest BCUT2D eigenvalue weighted by molar-refractivity contribution is 7.99. The average molecular weight is 173 g/mol. The molecule has 0 saturated carbocycles. The molecular formula is C8H15NOS. The van der Waals surface area contributed by atoms with Crippen LogP contribution in [0.3, 0.4) is 0 Å². The third-order valence-corrected chi connectivity index (χ3v) is 3.49. The van der Waals surface area contributed by atoms with Crippen molar-refractivity contribution in [3.8, 4) is 0 Å². The second-order valence-electron chi connectivity index (χ2n) is 3.32. The van der Waals surface area contributed by atoms with Gasteiger partial charge in [0.15, 0.2) is 0 Å². The molecule has 0 spiro atoms. The van der Waals surface area contributed by atoms with Crippen molar-refractivity contribution in [3.63, 3.8) is 0 Å². The van der Waals surface area contributed by atoms with E-state index in [-0.39, 0.29) is 0 Å². The van der Waals surface area contributed by atoms with Crippen molar-refractivity contribution in [2.75, 3.05) is 24.7 Å². The highest BCUT2D eigenvalue weighted by Gasteiger charge is 2.22. The van der Waals surface area contributed by atoms with Crippen molar-refractivity contribution in [2.45, 2.75) is 24.9 Å². The minimum absolute atomic E-state index is 0.665. The number of thioether (sulfide) groups is 1.